The fourth-order valence-electron chi connectivity index (χ4n) is 3.59. The van der Waals surface area contributed by atoms with Crippen LogP contribution in [0.4, 0.5) is 18.0 Å². The molecule has 8 nitrogen and oxygen atoms in total. The lowest BCUT2D eigenvalue weighted by Crippen LogP contribution is -2.36. The minimum atomic E-state index is -4.87. The van der Waals surface area contributed by atoms with Crippen LogP contribution in [0.15, 0.2) is 84.9 Å². The number of hydrogen-bond acceptors (Lipinski definition) is 6. The molecule has 210 valence electrons. The van der Waals surface area contributed by atoms with Crippen LogP contribution in [0.1, 0.15) is 29.5 Å². The van der Waals surface area contributed by atoms with Crippen LogP contribution < -0.4 is 10.1 Å². The highest BCUT2D eigenvalue weighted by molar-refractivity contribution is 7.57. The number of carbonyl (C=O) groups is 1. The second kappa shape index (κ2) is 14.1. The molecule has 0 aliphatic carbocycles. The minimum Gasteiger partial charge on any atom is -0.445 e. The van der Waals surface area contributed by atoms with Gasteiger partial charge < -0.3 is 29.5 Å². The summed E-state index contributed by atoms with van der Waals surface area (Å²) >= 11 is 0. The average Bonchev–Trinajstić information content (AvgIpc) is 2.90. The van der Waals surface area contributed by atoms with Crippen LogP contribution in [-0.4, -0.2) is 34.5 Å². The Morgan fingerprint density at radius 1 is 0.846 bits per heavy atom. The highest BCUT2D eigenvalue weighted by atomic mass is 31.2. The van der Waals surface area contributed by atoms with Crippen molar-refractivity contribution in [1.29, 1.82) is 0 Å². The van der Waals surface area contributed by atoms with Crippen molar-refractivity contribution in [3.8, 4) is 5.75 Å². The summed E-state index contributed by atoms with van der Waals surface area (Å²) in [6.45, 7) is 0.0426. The van der Waals surface area contributed by atoms with E-state index in [1.165, 1.54) is 12.1 Å². The molecule has 0 aliphatic rings. The molecule has 3 aromatic carbocycles. The van der Waals surface area contributed by atoms with E-state index in [2.05, 4.69) is 10.1 Å². The molecule has 0 bridgehead atoms. The second-order valence-electron chi connectivity index (χ2n) is 8.66. The molecule has 3 N–H and O–H groups in total. The Morgan fingerprint density at radius 3 is 1.97 bits per heavy atom. The highest BCUT2D eigenvalue weighted by Gasteiger charge is 2.34. The molecule has 0 saturated heterocycles. The summed E-state index contributed by atoms with van der Waals surface area (Å²) < 4.78 is 65.0. The number of aliphatic hydroxyl groups is 1. The van der Waals surface area contributed by atoms with Crippen molar-refractivity contribution < 1.29 is 46.7 Å². The highest BCUT2D eigenvalue weighted by Crippen LogP contribution is 2.50. The molecular weight excluding hydrogens is 538 g/mol. The monoisotopic (exact) mass is 567 g/mol. The predicted octanol–water partition coefficient (Wildman–Crippen LogP) is 5.92. The van der Waals surface area contributed by atoms with Gasteiger partial charge in [-0.15, -0.1) is 13.2 Å². The van der Waals surface area contributed by atoms with E-state index in [4.69, 9.17) is 9.47 Å². The molecular formula is C27H29F3NO7P. The van der Waals surface area contributed by atoms with E-state index in [9.17, 15) is 32.5 Å². The van der Waals surface area contributed by atoms with E-state index in [-0.39, 0.29) is 31.6 Å². The number of nitrogens with one attached hydrogen (secondary N) is 1. The van der Waals surface area contributed by atoms with Crippen LogP contribution in [0.5, 0.6) is 5.75 Å². The molecule has 0 saturated carbocycles. The Balaban J connectivity index is 1.64. The molecule has 0 aliphatic heterocycles. The molecule has 0 fully saturated rings. The molecule has 0 radical (unpaired) electrons. The van der Waals surface area contributed by atoms with Gasteiger partial charge in [0, 0.05) is 6.42 Å². The number of halogens is 3. The Bertz CT molecular complexity index is 1210. The zero-order valence-corrected chi connectivity index (χ0v) is 21.7. The smallest absolute Gasteiger partial charge is 0.445 e. The van der Waals surface area contributed by atoms with Gasteiger partial charge in [-0.05, 0) is 35.2 Å². The van der Waals surface area contributed by atoms with E-state index in [0.29, 0.717) is 5.56 Å². The maximum absolute atomic E-state index is 13.4. The first-order chi connectivity index (χ1) is 18.5. The largest absolute Gasteiger partial charge is 0.573 e. The maximum Gasteiger partial charge on any atom is 0.573 e. The van der Waals surface area contributed by atoms with Crippen LogP contribution >= 0.6 is 7.37 Å². The molecule has 3 unspecified atom stereocenters. The van der Waals surface area contributed by atoms with Crippen LogP contribution in [0.25, 0.3) is 0 Å². The van der Waals surface area contributed by atoms with Crippen molar-refractivity contribution in [1.82, 2.24) is 5.32 Å². The van der Waals surface area contributed by atoms with Gasteiger partial charge >= 0.3 is 12.5 Å². The fraction of sp³-hybridized carbons (Fsp3) is 0.296. The summed E-state index contributed by atoms with van der Waals surface area (Å²) in [6.07, 6.45) is -7.77. The standard InChI is InChI=1S/C27H29F3NO7P/c28-27(29,30)38-23-13-11-22(12-14-23)19-39(34,35)24(31-26(33)37-18-21-9-5-2-6-10-21)15-16-25(32)36-17-20-7-3-1-4-8-20/h1-14,24-25,32H,15-19H2,(H,31,33)(H,34,35). The third-order valence-corrected chi connectivity index (χ3v) is 7.70. The second-order valence-corrected chi connectivity index (χ2v) is 11.1. The summed E-state index contributed by atoms with van der Waals surface area (Å²) in [5.41, 5.74) is 1.78. The van der Waals surface area contributed by atoms with Gasteiger partial charge in [0.15, 0.2) is 6.29 Å². The summed E-state index contributed by atoms with van der Waals surface area (Å²) in [5, 5.41) is 12.7. The lowest BCUT2D eigenvalue weighted by Gasteiger charge is -2.25. The third-order valence-electron chi connectivity index (χ3n) is 5.52. The van der Waals surface area contributed by atoms with Gasteiger partial charge in [-0.2, -0.15) is 0 Å². The number of alkyl carbamates (subject to hydrolysis) is 1. The summed E-state index contributed by atoms with van der Waals surface area (Å²) in [7, 11) is -4.21. The first-order valence-corrected chi connectivity index (χ1v) is 13.9. The Kier molecular flexibility index (Phi) is 10.9. The van der Waals surface area contributed by atoms with Gasteiger partial charge in [0.25, 0.3) is 0 Å². The lowest BCUT2D eigenvalue weighted by atomic mass is 10.2. The molecule has 0 spiro atoms. The van der Waals surface area contributed by atoms with Crippen molar-refractivity contribution in [2.75, 3.05) is 0 Å². The Morgan fingerprint density at radius 2 is 1.41 bits per heavy atom. The molecule has 0 heterocycles. The van der Waals surface area contributed by atoms with E-state index < -0.39 is 43.8 Å². The zero-order valence-electron chi connectivity index (χ0n) is 20.8. The molecule has 3 atom stereocenters. The number of alkyl halides is 3. The van der Waals surface area contributed by atoms with Crippen molar-refractivity contribution in [3.05, 3.63) is 102 Å². The third kappa shape index (κ3) is 11.1. The molecule has 12 heteroatoms. The van der Waals surface area contributed by atoms with Gasteiger partial charge in [-0.3, -0.25) is 4.57 Å². The minimum absolute atomic E-state index is 0.0708. The van der Waals surface area contributed by atoms with E-state index in [1.54, 1.807) is 30.3 Å². The maximum atomic E-state index is 13.4. The fourth-order valence-corrected chi connectivity index (χ4v) is 5.41. The zero-order chi connectivity index (χ0) is 28.3. The van der Waals surface area contributed by atoms with Crippen LogP contribution in [0.3, 0.4) is 0 Å². The summed E-state index contributed by atoms with van der Waals surface area (Å²) in [6, 6.07) is 22.4. The van der Waals surface area contributed by atoms with E-state index >= 15 is 0 Å². The molecule has 1 amide bonds. The van der Waals surface area contributed by atoms with E-state index in [1.807, 2.05) is 30.3 Å². The van der Waals surface area contributed by atoms with Crippen molar-refractivity contribution in [2.45, 2.75) is 50.7 Å². The number of ether oxygens (including phenoxy) is 3. The van der Waals surface area contributed by atoms with E-state index in [0.717, 1.165) is 17.7 Å². The molecule has 39 heavy (non-hydrogen) atoms. The quantitative estimate of drug-likeness (QED) is 0.173. The molecule has 3 aromatic rings. The Labute approximate surface area is 223 Å². The average molecular weight is 567 g/mol. The van der Waals surface area contributed by atoms with Crippen molar-refractivity contribution in [3.63, 3.8) is 0 Å². The van der Waals surface area contributed by atoms with Gasteiger partial charge in [-0.25, -0.2) is 4.79 Å². The first kappa shape index (κ1) is 30.2. The van der Waals surface area contributed by atoms with Crippen molar-refractivity contribution >= 4 is 13.5 Å². The topological polar surface area (TPSA) is 114 Å². The van der Waals surface area contributed by atoms with Gasteiger partial charge in [0.05, 0.1) is 12.8 Å². The summed E-state index contributed by atoms with van der Waals surface area (Å²) in [4.78, 5) is 23.4. The number of carbonyl (C=O) groups excluding carboxylic acids is 1. The first-order valence-electron chi connectivity index (χ1n) is 12.0. The van der Waals surface area contributed by atoms with Gasteiger partial charge in [-0.1, -0.05) is 72.8 Å². The SMILES string of the molecule is O=C(NC(CCC(O)OCc1ccccc1)P(=O)(O)Cc1ccc(OC(F)(F)F)cc1)OCc1ccccc1. The number of amides is 1. The number of benzene rings is 3. The normalized spacial score (nSPS) is 14.6. The number of hydrogen-bond donors (Lipinski definition) is 3. The summed E-state index contributed by atoms with van der Waals surface area (Å²) in [5.74, 6) is -1.81. The molecule has 0 aromatic heterocycles. The van der Waals surface area contributed by atoms with Crippen LogP contribution in [-0.2, 0) is 33.4 Å². The van der Waals surface area contributed by atoms with Gasteiger partial charge in [0.2, 0.25) is 7.37 Å². The predicted molar refractivity (Wildman–Crippen MR) is 137 cm³/mol. The van der Waals surface area contributed by atoms with Crippen LogP contribution in [0.2, 0.25) is 0 Å². The number of rotatable bonds is 13. The van der Waals surface area contributed by atoms with Gasteiger partial charge in [0.1, 0.15) is 18.1 Å². The lowest BCUT2D eigenvalue weighted by molar-refractivity contribution is -0.274. The molecule has 3 rings (SSSR count). The van der Waals surface area contributed by atoms with Crippen molar-refractivity contribution in [2.24, 2.45) is 0 Å². The van der Waals surface area contributed by atoms with Crippen LogP contribution in [0, 0.1) is 0 Å². The number of aliphatic hydroxyl groups excluding tert-OH is 1. The Hall–Kier alpha value is -3.37.